The SMILES string of the molecule is CCCCC/C=C\C/C=C\CCCCCCCCCCCC(=O)OCCCCCCCCCCCCCCCCCCCCCCCCCCCCCCCCCCCC(=O)NC(CO)C(O)/C=C/CCCCCCCCCC. The van der Waals surface area contributed by atoms with E-state index in [9.17, 15) is 19.8 Å². The number of aliphatic hydroxyl groups excluding tert-OH is 2. The van der Waals surface area contributed by atoms with Crippen LogP contribution in [-0.2, 0) is 14.3 Å². The molecule has 0 saturated carbocycles. The van der Waals surface area contributed by atoms with E-state index in [0.717, 1.165) is 51.4 Å². The number of aliphatic hydroxyl groups is 2. The van der Waals surface area contributed by atoms with Crippen LogP contribution >= 0.6 is 0 Å². The maximum atomic E-state index is 12.4. The maximum Gasteiger partial charge on any atom is 0.305 e. The number of allylic oxidation sites excluding steroid dienone is 5. The van der Waals surface area contributed by atoms with E-state index in [0.29, 0.717) is 19.4 Å². The first-order valence-electron chi connectivity index (χ1n) is 35.8. The van der Waals surface area contributed by atoms with Crippen LogP contribution in [-0.4, -0.2) is 47.4 Å². The zero-order chi connectivity index (χ0) is 57.1. The Balaban J connectivity index is 3.29. The average Bonchev–Trinajstić information content (AvgIpc) is 3.45. The molecule has 0 bridgehead atoms. The topological polar surface area (TPSA) is 95.9 Å². The van der Waals surface area contributed by atoms with E-state index in [1.54, 1.807) is 6.08 Å². The number of unbranched alkanes of at least 4 members (excludes halogenated alkanes) is 52. The Bertz CT molecular complexity index is 1280. The second-order valence-electron chi connectivity index (χ2n) is 24.6. The van der Waals surface area contributed by atoms with E-state index in [1.807, 2.05) is 6.08 Å². The predicted molar refractivity (Wildman–Crippen MR) is 347 cm³/mol. The van der Waals surface area contributed by atoms with Crippen LogP contribution in [0.5, 0.6) is 0 Å². The van der Waals surface area contributed by atoms with Gasteiger partial charge in [0.15, 0.2) is 0 Å². The molecule has 0 fully saturated rings. The van der Waals surface area contributed by atoms with Crippen LogP contribution in [0.3, 0.4) is 0 Å². The third kappa shape index (κ3) is 65.1. The monoisotopic (exact) mass is 1110 g/mol. The molecule has 0 aliphatic carbocycles. The molecule has 1 amide bonds. The Kier molecular flexibility index (Phi) is 66.9. The third-order valence-electron chi connectivity index (χ3n) is 16.7. The molecule has 0 heterocycles. The molecular formula is C73H139NO5. The molecule has 2 unspecified atom stereocenters. The van der Waals surface area contributed by atoms with Gasteiger partial charge < -0.3 is 20.3 Å². The van der Waals surface area contributed by atoms with E-state index in [2.05, 4.69) is 43.5 Å². The highest BCUT2D eigenvalue weighted by Gasteiger charge is 2.18. The number of carbonyl (C=O) groups excluding carboxylic acids is 2. The lowest BCUT2D eigenvalue weighted by Gasteiger charge is -2.20. The molecule has 6 heteroatoms. The van der Waals surface area contributed by atoms with E-state index in [-0.39, 0.29) is 18.5 Å². The van der Waals surface area contributed by atoms with Gasteiger partial charge in [0.25, 0.3) is 0 Å². The molecule has 0 spiro atoms. The second kappa shape index (κ2) is 68.6. The largest absolute Gasteiger partial charge is 0.466 e. The summed E-state index contributed by atoms with van der Waals surface area (Å²) in [5.74, 6) is -0.0458. The first-order chi connectivity index (χ1) is 39.0. The van der Waals surface area contributed by atoms with Crippen LogP contribution in [0.25, 0.3) is 0 Å². The molecule has 79 heavy (non-hydrogen) atoms. The molecule has 0 aromatic heterocycles. The standard InChI is InChI=1S/C73H139NO5/c1-3-5-7-9-11-13-15-16-17-18-34-38-41-44-47-51-55-59-63-67-73(78)79-68-64-60-56-52-48-45-42-39-36-33-31-29-27-25-23-21-19-20-22-24-26-28-30-32-35-37-40-43-46-50-54-58-62-66-72(77)74-70(69-75)71(76)65-61-57-53-49-14-12-10-8-6-4-2/h11,13,16-17,61,65,70-71,75-76H,3-10,12,14-15,18-60,62-64,66-69H2,1-2H3,(H,74,77)/b13-11-,17-16-,65-61+. The van der Waals surface area contributed by atoms with Gasteiger partial charge in [-0.1, -0.05) is 352 Å². The minimum atomic E-state index is -0.839. The molecule has 0 aliphatic rings. The lowest BCUT2D eigenvalue weighted by molar-refractivity contribution is -0.143. The normalized spacial score (nSPS) is 12.7. The number of hydrogen-bond donors (Lipinski definition) is 3. The van der Waals surface area contributed by atoms with Crippen molar-refractivity contribution in [3.63, 3.8) is 0 Å². The van der Waals surface area contributed by atoms with Gasteiger partial charge in [-0.25, -0.2) is 0 Å². The van der Waals surface area contributed by atoms with Crippen molar-refractivity contribution in [1.82, 2.24) is 5.32 Å². The third-order valence-corrected chi connectivity index (χ3v) is 16.7. The van der Waals surface area contributed by atoms with Crippen molar-refractivity contribution < 1.29 is 24.5 Å². The van der Waals surface area contributed by atoms with Crippen molar-refractivity contribution in [2.24, 2.45) is 0 Å². The molecular weight excluding hydrogens is 971 g/mol. The fourth-order valence-electron chi connectivity index (χ4n) is 11.2. The second-order valence-corrected chi connectivity index (χ2v) is 24.6. The van der Waals surface area contributed by atoms with Gasteiger partial charge in [-0.2, -0.15) is 0 Å². The Morgan fingerprint density at radius 3 is 0.987 bits per heavy atom. The van der Waals surface area contributed by atoms with E-state index >= 15 is 0 Å². The van der Waals surface area contributed by atoms with Crippen molar-refractivity contribution in [1.29, 1.82) is 0 Å². The van der Waals surface area contributed by atoms with Gasteiger partial charge in [0.1, 0.15) is 0 Å². The Hall–Kier alpha value is -1.92. The minimum absolute atomic E-state index is 0.0179. The van der Waals surface area contributed by atoms with Gasteiger partial charge in [0.2, 0.25) is 5.91 Å². The molecule has 0 aromatic carbocycles. The van der Waals surface area contributed by atoms with Gasteiger partial charge in [0.05, 0.1) is 25.4 Å². The fourth-order valence-corrected chi connectivity index (χ4v) is 11.2. The highest BCUT2D eigenvalue weighted by molar-refractivity contribution is 5.76. The molecule has 3 N–H and O–H groups in total. The van der Waals surface area contributed by atoms with E-state index in [1.165, 1.54) is 315 Å². The molecule has 0 aliphatic heterocycles. The quantitative estimate of drug-likeness (QED) is 0.0320. The molecule has 0 radical (unpaired) electrons. The lowest BCUT2D eigenvalue weighted by atomic mass is 10.0. The summed E-state index contributed by atoms with van der Waals surface area (Å²) in [7, 11) is 0. The summed E-state index contributed by atoms with van der Waals surface area (Å²) in [4.78, 5) is 24.5. The number of rotatable bonds is 67. The van der Waals surface area contributed by atoms with Crippen molar-refractivity contribution in [2.75, 3.05) is 13.2 Å². The number of amides is 1. The summed E-state index contributed by atoms with van der Waals surface area (Å²) in [6, 6.07) is -0.622. The van der Waals surface area contributed by atoms with Crippen molar-refractivity contribution >= 4 is 11.9 Å². The Labute approximate surface area is 494 Å². The van der Waals surface area contributed by atoms with Crippen LogP contribution in [0, 0.1) is 0 Å². The van der Waals surface area contributed by atoms with E-state index < -0.39 is 12.1 Å². The number of nitrogens with one attached hydrogen (secondary N) is 1. The van der Waals surface area contributed by atoms with Crippen LogP contribution in [0.1, 0.15) is 393 Å². The van der Waals surface area contributed by atoms with Gasteiger partial charge in [-0.3, -0.25) is 9.59 Å². The minimum Gasteiger partial charge on any atom is -0.466 e. The van der Waals surface area contributed by atoms with Crippen molar-refractivity contribution in [2.45, 2.75) is 405 Å². The summed E-state index contributed by atoms with van der Waals surface area (Å²) >= 11 is 0. The zero-order valence-corrected chi connectivity index (χ0v) is 53.4. The molecule has 0 aromatic rings. The molecule has 6 nitrogen and oxygen atoms in total. The lowest BCUT2D eigenvalue weighted by Crippen LogP contribution is -2.45. The summed E-state index contributed by atoms with van der Waals surface area (Å²) in [5, 5.41) is 23.0. The number of ether oxygens (including phenoxy) is 1. The molecule has 0 saturated heterocycles. The Morgan fingerprint density at radius 2 is 0.633 bits per heavy atom. The van der Waals surface area contributed by atoms with Gasteiger partial charge in [0, 0.05) is 12.8 Å². The molecule has 2 atom stereocenters. The number of hydrogen-bond acceptors (Lipinski definition) is 5. The summed E-state index contributed by atoms with van der Waals surface area (Å²) in [6.07, 6.45) is 88.2. The fraction of sp³-hybridized carbons (Fsp3) is 0.890. The summed E-state index contributed by atoms with van der Waals surface area (Å²) in [6.45, 7) is 4.89. The summed E-state index contributed by atoms with van der Waals surface area (Å²) in [5.41, 5.74) is 0. The highest BCUT2D eigenvalue weighted by Crippen LogP contribution is 2.19. The van der Waals surface area contributed by atoms with Gasteiger partial charge in [-0.05, 0) is 64.2 Å². The number of esters is 1. The van der Waals surface area contributed by atoms with Gasteiger partial charge in [-0.15, -0.1) is 0 Å². The van der Waals surface area contributed by atoms with Crippen LogP contribution in [0.15, 0.2) is 36.5 Å². The summed E-state index contributed by atoms with van der Waals surface area (Å²) < 4.78 is 5.51. The molecule has 466 valence electrons. The first kappa shape index (κ1) is 77.1. The average molecular weight is 1110 g/mol. The number of carbonyl (C=O) groups is 2. The van der Waals surface area contributed by atoms with E-state index in [4.69, 9.17) is 4.74 Å². The predicted octanol–water partition coefficient (Wildman–Crippen LogP) is 23.1. The van der Waals surface area contributed by atoms with Crippen LogP contribution < -0.4 is 5.32 Å². The van der Waals surface area contributed by atoms with Crippen LogP contribution in [0.2, 0.25) is 0 Å². The van der Waals surface area contributed by atoms with Crippen molar-refractivity contribution in [3.8, 4) is 0 Å². The zero-order valence-electron chi connectivity index (χ0n) is 53.4. The smallest absolute Gasteiger partial charge is 0.305 e. The molecule has 0 rings (SSSR count). The Morgan fingerprint density at radius 1 is 0.354 bits per heavy atom. The first-order valence-corrected chi connectivity index (χ1v) is 35.8. The maximum absolute atomic E-state index is 12.4. The van der Waals surface area contributed by atoms with Crippen molar-refractivity contribution in [3.05, 3.63) is 36.5 Å². The van der Waals surface area contributed by atoms with Gasteiger partial charge >= 0.3 is 5.97 Å². The highest BCUT2D eigenvalue weighted by atomic mass is 16.5. The van der Waals surface area contributed by atoms with Crippen LogP contribution in [0.4, 0.5) is 0 Å².